The van der Waals surface area contributed by atoms with E-state index in [1.54, 1.807) is 9.80 Å². The summed E-state index contributed by atoms with van der Waals surface area (Å²) in [6.45, 7) is 8.99. The van der Waals surface area contributed by atoms with E-state index < -0.39 is 5.60 Å². The average molecular weight is 360 g/mol. The standard InChI is InChI=1S/C19H28N4O3/c1-19(2,3)26-18(25)22-10-8-21(9-11-22)15-4-6-16(7-5-15)23-13-14(20)12-17(23)24/h4-7,14H,8-13,20H2,1-3H3. The van der Waals surface area contributed by atoms with E-state index >= 15 is 0 Å². The zero-order chi connectivity index (χ0) is 18.9. The number of piperazine rings is 1. The molecular weight excluding hydrogens is 332 g/mol. The highest BCUT2D eigenvalue weighted by molar-refractivity contribution is 5.96. The van der Waals surface area contributed by atoms with Crippen molar-refractivity contribution in [2.45, 2.75) is 38.8 Å². The number of ether oxygens (including phenoxy) is 1. The number of carbonyl (C=O) groups excluding carboxylic acids is 2. The number of anilines is 2. The summed E-state index contributed by atoms with van der Waals surface area (Å²) in [5, 5.41) is 0. The van der Waals surface area contributed by atoms with Crippen LogP contribution in [0.1, 0.15) is 27.2 Å². The lowest BCUT2D eigenvalue weighted by Crippen LogP contribution is -2.50. The topological polar surface area (TPSA) is 79.1 Å². The van der Waals surface area contributed by atoms with Crippen LogP contribution in [0.25, 0.3) is 0 Å². The van der Waals surface area contributed by atoms with Crippen LogP contribution in [-0.2, 0) is 9.53 Å². The van der Waals surface area contributed by atoms with Gasteiger partial charge in [0.25, 0.3) is 0 Å². The van der Waals surface area contributed by atoms with E-state index in [1.807, 2.05) is 45.0 Å². The van der Waals surface area contributed by atoms with Gasteiger partial charge in [-0.3, -0.25) is 4.79 Å². The van der Waals surface area contributed by atoms with E-state index in [1.165, 1.54) is 0 Å². The number of amides is 2. The summed E-state index contributed by atoms with van der Waals surface area (Å²) in [6.07, 6.45) is 0.158. The minimum atomic E-state index is -0.473. The molecule has 2 heterocycles. The second-order valence-corrected chi connectivity index (χ2v) is 7.94. The number of hydrogen-bond donors (Lipinski definition) is 1. The van der Waals surface area contributed by atoms with E-state index in [0.29, 0.717) is 26.1 Å². The minimum Gasteiger partial charge on any atom is -0.444 e. The Morgan fingerprint density at radius 3 is 2.15 bits per heavy atom. The molecule has 1 aromatic carbocycles. The van der Waals surface area contributed by atoms with Gasteiger partial charge >= 0.3 is 6.09 Å². The first kappa shape index (κ1) is 18.5. The van der Waals surface area contributed by atoms with Crippen molar-refractivity contribution in [3.05, 3.63) is 24.3 Å². The molecule has 1 atom stereocenters. The van der Waals surface area contributed by atoms with Crippen molar-refractivity contribution in [3.63, 3.8) is 0 Å². The Kier molecular flexibility index (Phi) is 5.09. The third kappa shape index (κ3) is 4.27. The van der Waals surface area contributed by atoms with Crippen LogP contribution in [0.15, 0.2) is 24.3 Å². The van der Waals surface area contributed by atoms with Crippen molar-refractivity contribution < 1.29 is 14.3 Å². The second-order valence-electron chi connectivity index (χ2n) is 7.94. The van der Waals surface area contributed by atoms with Crippen molar-refractivity contribution >= 4 is 23.4 Å². The third-order valence-corrected chi connectivity index (χ3v) is 4.61. The Labute approximate surface area is 154 Å². The molecule has 7 nitrogen and oxygen atoms in total. The molecule has 1 aromatic rings. The Balaban J connectivity index is 1.57. The van der Waals surface area contributed by atoms with Crippen LogP contribution in [0.4, 0.5) is 16.2 Å². The molecule has 2 aliphatic rings. The molecule has 3 rings (SSSR count). The smallest absolute Gasteiger partial charge is 0.410 e. The molecule has 1 unspecified atom stereocenters. The van der Waals surface area contributed by atoms with E-state index in [0.717, 1.165) is 24.5 Å². The Morgan fingerprint density at radius 1 is 1.08 bits per heavy atom. The fourth-order valence-electron chi connectivity index (χ4n) is 3.30. The lowest BCUT2D eigenvalue weighted by molar-refractivity contribution is -0.117. The molecule has 2 N–H and O–H groups in total. The summed E-state index contributed by atoms with van der Waals surface area (Å²) in [7, 11) is 0. The van der Waals surface area contributed by atoms with Gasteiger partial charge in [0.15, 0.2) is 0 Å². The molecule has 0 aliphatic carbocycles. The average Bonchev–Trinajstić information content (AvgIpc) is 2.92. The van der Waals surface area contributed by atoms with Gasteiger partial charge in [0.1, 0.15) is 5.60 Å². The van der Waals surface area contributed by atoms with Crippen LogP contribution in [0.3, 0.4) is 0 Å². The fraction of sp³-hybridized carbons (Fsp3) is 0.579. The summed E-state index contributed by atoms with van der Waals surface area (Å²) in [4.78, 5) is 29.8. The first-order chi connectivity index (χ1) is 12.2. The minimum absolute atomic E-state index is 0.0798. The molecule has 7 heteroatoms. The van der Waals surface area contributed by atoms with Crippen molar-refractivity contribution in [2.24, 2.45) is 5.73 Å². The number of carbonyl (C=O) groups is 2. The van der Waals surface area contributed by atoms with Gasteiger partial charge in [-0.2, -0.15) is 0 Å². The maximum absolute atomic E-state index is 12.1. The molecule has 2 aliphatic heterocycles. The molecule has 2 saturated heterocycles. The predicted octanol–water partition coefficient (Wildman–Crippen LogP) is 1.81. The summed E-state index contributed by atoms with van der Waals surface area (Å²) >= 11 is 0. The molecule has 2 fully saturated rings. The molecule has 0 spiro atoms. The number of nitrogens with two attached hydrogens (primary N) is 1. The van der Waals surface area contributed by atoms with Crippen LogP contribution in [-0.4, -0.2) is 61.3 Å². The molecular formula is C19H28N4O3. The fourth-order valence-corrected chi connectivity index (χ4v) is 3.30. The molecule has 0 aromatic heterocycles. The predicted molar refractivity (Wildman–Crippen MR) is 101 cm³/mol. The summed E-state index contributed by atoms with van der Waals surface area (Å²) in [5.74, 6) is 0.0798. The van der Waals surface area contributed by atoms with E-state index in [9.17, 15) is 9.59 Å². The SMILES string of the molecule is CC(C)(C)OC(=O)N1CCN(c2ccc(N3CC(N)CC3=O)cc2)CC1. The lowest BCUT2D eigenvalue weighted by Gasteiger charge is -2.36. The Morgan fingerprint density at radius 2 is 1.65 bits per heavy atom. The highest BCUT2D eigenvalue weighted by Crippen LogP contribution is 2.25. The Bertz CT molecular complexity index is 660. The third-order valence-electron chi connectivity index (χ3n) is 4.61. The van der Waals surface area contributed by atoms with Gasteiger partial charge in [-0.15, -0.1) is 0 Å². The van der Waals surface area contributed by atoms with Crippen molar-refractivity contribution in [1.29, 1.82) is 0 Å². The molecule has 2 amide bonds. The van der Waals surface area contributed by atoms with E-state index in [2.05, 4.69) is 4.90 Å². The van der Waals surface area contributed by atoms with Crippen LogP contribution in [0.5, 0.6) is 0 Å². The summed E-state index contributed by atoms with van der Waals surface area (Å²) in [5.41, 5.74) is 7.37. The van der Waals surface area contributed by atoms with Gasteiger partial charge in [0.05, 0.1) is 0 Å². The van der Waals surface area contributed by atoms with Gasteiger partial charge in [-0.25, -0.2) is 4.79 Å². The van der Waals surface area contributed by atoms with Crippen LogP contribution < -0.4 is 15.5 Å². The van der Waals surface area contributed by atoms with Gasteiger partial charge in [0, 0.05) is 56.6 Å². The molecule has 142 valence electrons. The lowest BCUT2D eigenvalue weighted by atomic mass is 10.2. The number of rotatable bonds is 2. The maximum Gasteiger partial charge on any atom is 0.410 e. The highest BCUT2D eigenvalue weighted by atomic mass is 16.6. The quantitative estimate of drug-likeness (QED) is 0.870. The first-order valence-corrected chi connectivity index (χ1v) is 9.12. The number of benzene rings is 1. The summed E-state index contributed by atoms with van der Waals surface area (Å²) in [6, 6.07) is 7.89. The monoisotopic (exact) mass is 360 g/mol. The first-order valence-electron chi connectivity index (χ1n) is 9.12. The highest BCUT2D eigenvalue weighted by Gasteiger charge is 2.29. The van der Waals surface area contributed by atoms with Crippen LogP contribution >= 0.6 is 0 Å². The molecule has 0 radical (unpaired) electrons. The van der Waals surface area contributed by atoms with Crippen molar-refractivity contribution in [1.82, 2.24) is 4.90 Å². The zero-order valence-corrected chi connectivity index (χ0v) is 15.8. The molecule has 0 bridgehead atoms. The van der Waals surface area contributed by atoms with Crippen molar-refractivity contribution in [2.75, 3.05) is 42.5 Å². The molecule has 26 heavy (non-hydrogen) atoms. The Hall–Kier alpha value is -2.28. The number of hydrogen-bond acceptors (Lipinski definition) is 5. The largest absolute Gasteiger partial charge is 0.444 e. The summed E-state index contributed by atoms with van der Waals surface area (Å²) < 4.78 is 5.43. The molecule has 0 saturated carbocycles. The van der Waals surface area contributed by atoms with Crippen molar-refractivity contribution in [3.8, 4) is 0 Å². The second kappa shape index (κ2) is 7.15. The van der Waals surface area contributed by atoms with Gasteiger partial charge in [-0.05, 0) is 45.0 Å². The van der Waals surface area contributed by atoms with Gasteiger partial charge < -0.3 is 25.2 Å². The van der Waals surface area contributed by atoms with E-state index in [-0.39, 0.29) is 18.0 Å². The van der Waals surface area contributed by atoms with E-state index in [4.69, 9.17) is 10.5 Å². The van der Waals surface area contributed by atoms with Gasteiger partial charge in [-0.1, -0.05) is 0 Å². The van der Waals surface area contributed by atoms with Gasteiger partial charge in [0.2, 0.25) is 5.91 Å². The normalized spacial score (nSPS) is 21.3. The van der Waals surface area contributed by atoms with Crippen LogP contribution in [0, 0.1) is 0 Å². The van der Waals surface area contributed by atoms with Crippen LogP contribution in [0.2, 0.25) is 0 Å². The zero-order valence-electron chi connectivity index (χ0n) is 15.8. The maximum atomic E-state index is 12.1. The number of nitrogens with zero attached hydrogens (tertiary/aromatic N) is 3.